The van der Waals surface area contributed by atoms with Gasteiger partial charge in [-0.25, -0.2) is 0 Å². The standard InChI is InChI=1S/C13H30O3Si/c1-7-12-13(6,8-2)17(14-9-3,15-10-4)16-11-5/h7-12H2,1-6H3. The van der Waals surface area contributed by atoms with Crippen LogP contribution < -0.4 is 0 Å². The second-order valence-electron chi connectivity index (χ2n) is 4.52. The van der Waals surface area contributed by atoms with E-state index < -0.39 is 8.80 Å². The van der Waals surface area contributed by atoms with Gasteiger partial charge in [-0.3, -0.25) is 0 Å². The minimum Gasteiger partial charge on any atom is -0.373 e. The quantitative estimate of drug-likeness (QED) is 0.557. The maximum atomic E-state index is 6.01. The van der Waals surface area contributed by atoms with Crippen LogP contribution in [0.15, 0.2) is 0 Å². The molecule has 0 spiro atoms. The second kappa shape index (κ2) is 8.24. The highest BCUT2D eigenvalue weighted by Gasteiger charge is 2.56. The number of hydrogen-bond donors (Lipinski definition) is 0. The van der Waals surface area contributed by atoms with Crippen molar-refractivity contribution >= 4 is 8.80 Å². The summed E-state index contributed by atoms with van der Waals surface area (Å²) in [7, 11) is -2.57. The molecular weight excluding hydrogens is 232 g/mol. The average Bonchev–Trinajstić information content (AvgIpc) is 2.30. The van der Waals surface area contributed by atoms with Crippen LogP contribution in [0.3, 0.4) is 0 Å². The predicted octanol–water partition coefficient (Wildman–Crippen LogP) is 4.01. The number of rotatable bonds is 10. The first-order valence-electron chi connectivity index (χ1n) is 6.97. The van der Waals surface area contributed by atoms with E-state index in [-0.39, 0.29) is 5.04 Å². The molecule has 4 heteroatoms. The lowest BCUT2D eigenvalue weighted by Crippen LogP contribution is -2.55. The van der Waals surface area contributed by atoms with E-state index in [1.54, 1.807) is 0 Å². The molecule has 0 fully saturated rings. The predicted molar refractivity (Wildman–Crippen MR) is 74.2 cm³/mol. The molecule has 0 radical (unpaired) electrons. The Bertz CT molecular complexity index is 182. The third kappa shape index (κ3) is 4.05. The van der Waals surface area contributed by atoms with E-state index in [1.165, 1.54) is 0 Å². The van der Waals surface area contributed by atoms with E-state index >= 15 is 0 Å². The third-order valence-corrected chi connectivity index (χ3v) is 7.41. The highest BCUT2D eigenvalue weighted by Crippen LogP contribution is 2.46. The van der Waals surface area contributed by atoms with Gasteiger partial charge in [-0.1, -0.05) is 27.2 Å². The van der Waals surface area contributed by atoms with Crippen molar-refractivity contribution in [2.24, 2.45) is 0 Å². The summed E-state index contributed by atoms with van der Waals surface area (Å²) >= 11 is 0. The first-order valence-corrected chi connectivity index (χ1v) is 8.70. The zero-order valence-electron chi connectivity index (χ0n) is 12.5. The van der Waals surface area contributed by atoms with Crippen LogP contribution >= 0.6 is 0 Å². The van der Waals surface area contributed by atoms with Crippen molar-refractivity contribution in [2.75, 3.05) is 19.8 Å². The van der Waals surface area contributed by atoms with E-state index in [9.17, 15) is 0 Å². The normalized spacial score (nSPS) is 15.9. The monoisotopic (exact) mass is 262 g/mol. The van der Waals surface area contributed by atoms with E-state index in [0.717, 1.165) is 19.3 Å². The van der Waals surface area contributed by atoms with Gasteiger partial charge in [0.05, 0.1) is 0 Å². The fourth-order valence-corrected chi connectivity index (χ4v) is 5.74. The van der Waals surface area contributed by atoms with Crippen molar-refractivity contribution in [3.8, 4) is 0 Å². The molecule has 0 saturated carbocycles. The maximum Gasteiger partial charge on any atom is 0.507 e. The Balaban J connectivity index is 5.17. The minimum atomic E-state index is -2.57. The van der Waals surface area contributed by atoms with Crippen LogP contribution in [-0.2, 0) is 13.3 Å². The molecule has 104 valence electrons. The molecule has 0 saturated heterocycles. The van der Waals surface area contributed by atoms with Crippen LogP contribution in [0.2, 0.25) is 5.04 Å². The van der Waals surface area contributed by atoms with Gasteiger partial charge in [-0.05, 0) is 33.6 Å². The zero-order valence-corrected chi connectivity index (χ0v) is 13.5. The minimum absolute atomic E-state index is 0.0315. The molecule has 0 aromatic heterocycles. The summed E-state index contributed by atoms with van der Waals surface area (Å²) in [5, 5.41) is 0.0315. The molecule has 0 aromatic rings. The van der Waals surface area contributed by atoms with Crippen LogP contribution in [0.4, 0.5) is 0 Å². The average molecular weight is 262 g/mol. The van der Waals surface area contributed by atoms with Gasteiger partial charge in [0.25, 0.3) is 0 Å². The van der Waals surface area contributed by atoms with Gasteiger partial charge >= 0.3 is 8.80 Å². The van der Waals surface area contributed by atoms with Crippen LogP contribution in [0, 0.1) is 0 Å². The summed E-state index contributed by atoms with van der Waals surface area (Å²) in [6.45, 7) is 14.7. The molecule has 0 rings (SSSR count). The molecule has 1 atom stereocenters. The molecule has 0 aliphatic rings. The van der Waals surface area contributed by atoms with Crippen molar-refractivity contribution in [1.82, 2.24) is 0 Å². The second-order valence-corrected chi connectivity index (χ2v) is 7.70. The summed E-state index contributed by atoms with van der Waals surface area (Å²) in [6.07, 6.45) is 3.26. The number of hydrogen-bond acceptors (Lipinski definition) is 3. The van der Waals surface area contributed by atoms with E-state index in [1.807, 2.05) is 20.8 Å². The molecule has 0 amide bonds. The smallest absolute Gasteiger partial charge is 0.373 e. The molecule has 0 bridgehead atoms. The van der Waals surface area contributed by atoms with Crippen LogP contribution in [0.1, 0.15) is 60.8 Å². The third-order valence-electron chi connectivity index (χ3n) is 3.32. The Hall–Kier alpha value is 0.0969. The topological polar surface area (TPSA) is 27.7 Å². The van der Waals surface area contributed by atoms with Gasteiger partial charge < -0.3 is 13.3 Å². The molecule has 17 heavy (non-hydrogen) atoms. The molecule has 3 nitrogen and oxygen atoms in total. The highest BCUT2D eigenvalue weighted by atomic mass is 28.4. The molecule has 0 aliphatic carbocycles. The zero-order chi connectivity index (χ0) is 13.4. The Morgan fingerprint density at radius 3 is 1.47 bits per heavy atom. The van der Waals surface area contributed by atoms with Crippen LogP contribution in [-0.4, -0.2) is 28.6 Å². The molecule has 0 aromatic carbocycles. The molecule has 1 unspecified atom stereocenters. The summed E-state index contributed by atoms with van der Waals surface area (Å²) in [5.41, 5.74) is 0. The van der Waals surface area contributed by atoms with Crippen molar-refractivity contribution in [1.29, 1.82) is 0 Å². The van der Waals surface area contributed by atoms with E-state index in [0.29, 0.717) is 19.8 Å². The fraction of sp³-hybridized carbons (Fsp3) is 1.00. The fourth-order valence-electron chi connectivity index (χ4n) is 2.32. The molecule has 0 aliphatic heterocycles. The van der Waals surface area contributed by atoms with Crippen LogP contribution in [0.25, 0.3) is 0 Å². The Kier molecular flexibility index (Phi) is 8.29. The van der Waals surface area contributed by atoms with E-state index in [4.69, 9.17) is 13.3 Å². The Morgan fingerprint density at radius 1 is 0.824 bits per heavy atom. The summed E-state index contributed by atoms with van der Waals surface area (Å²) < 4.78 is 18.0. The Morgan fingerprint density at radius 2 is 1.24 bits per heavy atom. The lowest BCUT2D eigenvalue weighted by Gasteiger charge is -2.42. The lowest BCUT2D eigenvalue weighted by atomic mass is 10.0. The van der Waals surface area contributed by atoms with E-state index in [2.05, 4.69) is 20.8 Å². The maximum absolute atomic E-state index is 6.01. The summed E-state index contributed by atoms with van der Waals surface area (Å²) in [6, 6.07) is 0. The SMILES string of the molecule is CCCC(C)(CC)[Si](OCC)(OCC)OCC. The van der Waals surface area contributed by atoms with Gasteiger partial charge in [0.15, 0.2) is 0 Å². The molecule has 0 N–H and O–H groups in total. The van der Waals surface area contributed by atoms with Gasteiger partial charge in [0.1, 0.15) is 0 Å². The van der Waals surface area contributed by atoms with Crippen LogP contribution in [0.5, 0.6) is 0 Å². The van der Waals surface area contributed by atoms with Gasteiger partial charge in [0.2, 0.25) is 0 Å². The van der Waals surface area contributed by atoms with Crippen molar-refractivity contribution < 1.29 is 13.3 Å². The molecule has 0 heterocycles. The summed E-state index contributed by atoms with van der Waals surface area (Å²) in [5.74, 6) is 0. The Labute approximate surface area is 108 Å². The summed E-state index contributed by atoms with van der Waals surface area (Å²) in [4.78, 5) is 0. The van der Waals surface area contributed by atoms with Gasteiger partial charge in [-0.15, -0.1) is 0 Å². The lowest BCUT2D eigenvalue weighted by molar-refractivity contribution is 0.0424. The molecular formula is C13H30O3Si. The van der Waals surface area contributed by atoms with Crippen molar-refractivity contribution in [3.63, 3.8) is 0 Å². The van der Waals surface area contributed by atoms with Crippen molar-refractivity contribution in [2.45, 2.75) is 65.8 Å². The highest BCUT2D eigenvalue weighted by molar-refractivity contribution is 6.64. The first-order chi connectivity index (χ1) is 8.05. The van der Waals surface area contributed by atoms with Gasteiger partial charge in [-0.2, -0.15) is 0 Å². The largest absolute Gasteiger partial charge is 0.507 e. The van der Waals surface area contributed by atoms with Crippen molar-refractivity contribution in [3.05, 3.63) is 0 Å². The first kappa shape index (κ1) is 17.1. The van der Waals surface area contributed by atoms with Gasteiger partial charge in [0, 0.05) is 24.9 Å².